The quantitative estimate of drug-likeness (QED) is 0.162. The molecule has 0 spiro atoms. The van der Waals surface area contributed by atoms with Crippen LogP contribution in [0.25, 0.3) is 112 Å². The molecule has 11 rings (SSSR count). The summed E-state index contributed by atoms with van der Waals surface area (Å²) in [7, 11) is 0. The van der Waals surface area contributed by atoms with Gasteiger partial charge >= 0.3 is 0 Å². The third kappa shape index (κ3) is 6.14. The van der Waals surface area contributed by atoms with E-state index in [9.17, 15) is 5.26 Å². The maximum absolute atomic E-state index is 9.38. The highest BCUT2D eigenvalue weighted by Crippen LogP contribution is 2.52. The van der Waals surface area contributed by atoms with Crippen LogP contribution in [-0.2, 0) is 0 Å². The normalized spacial score (nSPS) is 11.3. The third-order valence-electron chi connectivity index (χ3n) is 11.5. The lowest BCUT2D eigenvalue weighted by Gasteiger charge is -2.16. The molecule has 0 bridgehead atoms. The van der Waals surface area contributed by atoms with E-state index in [1.807, 2.05) is 84.9 Å². The van der Waals surface area contributed by atoms with Gasteiger partial charge in [-0.2, -0.15) is 5.26 Å². The summed E-state index contributed by atoms with van der Waals surface area (Å²) >= 11 is 0. The van der Waals surface area contributed by atoms with E-state index in [0.29, 0.717) is 23.0 Å². The van der Waals surface area contributed by atoms with Crippen molar-refractivity contribution in [1.29, 1.82) is 5.26 Å². The highest BCUT2D eigenvalue weighted by molar-refractivity contribution is 6.22. The maximum Gasteiger partial charge on any atom is 0.164 e. The van der Waals surface area contributed by atoms with Gasteiger partial charge in [-0.15, -0.1) is 0 Å². The first-order chi connectivity index (χ1) is 29.7. The highest BCUT2D eigenvalue weighted by atomic mass is 15.0. The number of benzene rings is 9. The van der Waals surface area contributed by atoms with Crippen LogP contribution in [0.4, 0.5) is 0 Å². The second kappa shape index (κ2) is 14.6. The fourth-order valence-electron chi connectivity index (χ4n) is 8.60. The number of nitriles is 1. The highest BCUT2D eigenvalue weighted by Gasteiger charge is 2.25. The van der Waals surface area contributed by atoms with Crippen LogP contribution >= 0.6 is 0 Å². The van der Waals surface area contributed by atoms with E-state index in [4.69, 9.17) is 15.0 Å². The van der Waals surface area contributed by atoms with Gasteiger partial charge in [0.15, 0.2) is 17.5 Å². The summed E-state index contributed by atoms with van der Waals surface area (Å²) in [5.74, 6) is 1.91. The Labute approximate surface area is 348 Å². The number of nitrogens with zero attached hydrogens (tertiary/aromatic N) is 4. The first-order valence-electron chi connectivity index (χ1n) is 20.1. The molecule has 0 fully saturated rings. The van der Waals surface area contributed by atoms with Gasteiger partial charge in [-0.1, -0.05) is 182 Å². The van der Waals surface area contributed by atoms with E-state index in [-0.39, 0.29) is 0 Å². The first kappa shape index (κ1) is 34.9. The molecule has 1 heterocycles. The molecule has 1 aromatic heterocycles. The van der Waals surface area contributed by atoms with E-state index in [1.165, 1.54) is 44.2 Å². The minimum absolute atomic E-state index is 0.630. The van der Waals surface area contributed by atoms with Crippen molar-refractivity contribution in [3.8, 4) is 107 Å². The molecule has 60 heavy (non-hydrogen) atoms. The fraction of sp³-hybridized carbons (Fsp3) is 0. The molecule has 10 aromatic rings. The Bertz CT molecular complexity index is 3210. The van der Waals surface area contributed by atoms with Crippen LogP contribution < -0.4 is 0 Å². The van der Waals surface area contributed by atoms with Crippen LogP contribution in [-0.4, -0.2) is 15.0 Å². The predicted molar refractivity (Wildman–Crippen MR) is 245 cm³/mol. The van der Waals surface area contributed by atoms with E-state index in [0.717, 1.165) is 50.1 Å². The molecule has 4 nitrogen and oxygen atoms in total. The van der Waals surface area contributed by atoms with Gasteiger partial charge in [-0.05, 0) is 102 Å². The summed E-state index contributed by atoms with van der Waals surface area (Å²) in [4.78, 5) is 14.8. The lowest BCUT2D eigenvalue weighted by Crippen LogP contribution is -2.00. The van der Waals surface area contributed by atoms with Crippen molar-refractivity contribution in [2.24, 2.45) is 0 Å². The molecule has 1 aliphatic rings. The Morgan fingerprint density at radius 3 is 1.20 bits per heavy atom. The number of rotatable bonds is 7. The molecule has 9 aromatic carbocycles. The molecular weight excluding hydrogens is 729 g/mol. The zero-order chi connectivity index (χ0) is 40.0. The fourth-order valence-corrected chi connectivity index (χ4v) is 8.60. The predicted octanol–water partition coefficient (Wildman–Crippen LogP) is 14.2. The molecule has 0 radical (unpaired) electrons. The smallest absolute Gasteiger partial charge is 0.164 e. The van der Waals surface area contributed by atoms with E-state index in [1.54, 1.807) is 0 Å². The molecule has 4 heteroatoms. The van der Waals surface area contributed by atoms with Crippen molar-refractivity contribution in [3.63, 3.8) is 0 Å². The van der Waals surface area contributed by atoms with Gasteiger partial charge in [-0.25, -0.2) is 15.0 Å². The zero-order valence-electron chi connectivity index (χ0n) is 32.4. The molecule has 0 atom stereocenters. The Kier molecular flexibility index (Phi) is 8.50. The van der Waals surface area contributed by atoms with Crippen LogP contribution in [0.2, 0.25) is 0 Å². The van der Waals surface area contributed by atoms with E-state index in [2.05, 4.69) is 127 Å². The van der Waals surface area contributed by atoms with Crippen molar-refractivity contribution < 1.29 is 0 Å². The number of fused-ring (bicyclic) bond motifs is 3. The van der Waals surface area contributed by atoms with Crippen molar-refractivity contribution >= 4 is 10.8 Å². The van der Waals surface area contributed by atoms with Crippen molar-refractivity contribution in [2.75, 3.05) is 0 Å². The van der Waals surface area contributed by atoms with Gasteiger partial charge in [0.1, 0.15) is 0 Å². The van der Waals surface area contributed by atoms with Crippen LogP contribution in [0.1, 0.15) is 5.56 Å². The zero-order valence-corrected chi connectivity index (χ0v) is 32.4. The summed E-state index contributed by atoms with van der Waals surface area (Å²) in [6.45, 7) is 0. The molecule has 0 saturated carbocycles. The van der Waals surface area contributed by atoms with Gasteiger partial charge in [0, 0.05) is 16.7 Å². The Morgan fingerprint density at radius 1 is 0.267 bits per heavy atom. The molecule has 0 aliphatic heterocycles. The van der Waals surface area contributed by atoms with Gasteiger partial charge in [0.05, 0.1) is 11.6 Å². The molecule has 278 valence electrons. The minimum Gasteiger partial charge on any atom is -0.208 e. The topological polar surface area (TPSA) is 62.5 Å². The SMILES string of the molecule is N#Cc1ccc(-c2cccc(-c3ccc4c5c(ccc(-c6ccc(-c7cccc(-c8nc(-c9ccccc9)nc(-c9ccccc9)n8)c7)cc6)c35)-c3ccccc3-4)c2)cc1. The largest absolute Gasteiger partial charge is 0.208 e. The second-order valence-corrected chi connectivity index (χ2v) is 15.1. The molecule has 0 unspecified atom stereocenters. The van der Waals surface area contributed by atoms with Crippen molar-refractivity contribution in [3.05, 3.63) is 212 Å². The lowest BCUT2D eigenvalue weighted by molar-refractivity contribution is 1.07. The number of aromatic nitrogens is 3. The Morgan fingerprint density at radius 2 is 0.650 bits per heavy atom. The molecular formula is C56H34N4. The van der Waals surface area contributed by atoms with Crippen LogP contribution in [0.15, 0.2) is 206 Å². The van der Waals surface area contributed by atoms with Crippen LogP contribution in [0, 0.1) is 11.3 Å². The number of hydrogen-bond donors (Lipinski definition) is 0. The third-order valence-corrected chi connectivity index (χ3v) is 11.5. The standard InChI is InChI=1S/C56H34N4/c57-35-36-21-23-37(24-22-36)42-15-9-17-44(33-42)47-30-32-51-49-20-8-7-19-48(49)50-31-29-46(52(47)53(50)51)39-27-25-38(26-28-39)43-16-10-18-45(34-43)56-59-54(40-11-3-1-4-12-40)58-55(60-56)41-13-5-2-6-14-41/h1-34H. The summed E-state index contributed by atoms with van der Waals surface area (Å²) in [6, 6.07) is 74.2. The minimum atomic E-state index is 0.630. The first-order valence-corrected chi connectivity index (χ1v) is 20.1. The summed E-state index contributed by atoms with van der Waals surface area (Å²) < 4.78 is 0. The van der Waals surface area contributed by atoms with Crippen molar-refractivity contribution in [2.45, 2.75) is 0 Å². The van der Waals surface area contributed by atoms with E-state index < -0.39 is 0 Å². The summed E-state index contributed by atoms with van der Waals surface area (Å²) in [5.41, 5.74) is 17.6. The molecule has 0 saturated heterocycles. The number of hydrogen-bond acceptors (Lipinski definition) is 4. The van der Waals surface area contributed by atoms with Crippen molar-refractivity contribution in [1.82, 2.24) is 15.0 Å². The monoisotopic (exact) mass is 762 g/mol. The van der Waals surface area contributed by atoms with Gasteiger partial charge in [0.25, 0.3) is 0 Å². The van der Waals surface area contributed by atoms with Crippen LogP contribution in [0.5, 0.6) is 0 Å². The average Bonchev–Trinajstić information content (AvgIpc) is 3.66. The maximum atomic E-state index is 9.38. The van der Waals surface area contributed by atoms with E-state index >= 15 is 0 Å². The summed E-state index contributed by atoms with van der Waals surface area (Å²) in [5, 5.41) is 11.9. The van der Waals surface area contributed by atoms with Crippen LogP contribution in [0.3, 0.4) is 0 Å². The van der Waals surface area contributed by atoms with Gasteiger partial charge in [0.2, 0.25) is 0 Å². The lowest BCUT2D eigenvalue weighted by atomic mass is 9.87. The van der Waals surface area contributed by atoms with Gasteiger partial charge < -0.3 is 0 Å². The second-order valence-electron chi connectivity index (χ2n) is 15.1. The molecule has 1 aliphatic carbocycles. The average molecular weight is 763 g/mol. The Balaban J connectivity index is 1.01. The van der Waals surface area contributed by atoms with Gasteiger partial charge in [-0.3, -0.25) is 0 Å². The molecule has 0 amide bonds. The molecule has 0 N–H and O–H groups in total. The summed E-state index contributed by atoms with van der Waals surface area (Å²) in [6.07, 6.45) is 0. The Hall–Kier alpha value is -8.26.